The van der Waals surface area contributed by atoms with Gasteiger partial charge in [-0.15, -0.1) is 0 Å². The number of hydrogen-bond acceptors (Lipinski definition) is 4. The molecule has 60 valence electrons. The highest BCUT2D eigenvalue weighted by Gasteiger charge is 2.40. The predicted octanol–water partition coefficient (Wildman–Crippen LogP) is -0.901. The molecule has 1 heterocycles. The summed E-state index contributed by atoms with van der Waals surface area (Å²) in [7, 11) is 1.43. The fourth-order valence-electron chi connectivity index (χ4n) is 1.01. The van der Waals surface area contributed by atoms with Crippen LogP contribution >= 0.6 is 0 Å². The second kappa shape index (κ2) is 2.84. The van der Waals surface area contributed by atoms with Gasteiger partial charge >= 0.3 is 0 Å². The highest BCUT2D eigenvalue weighted by atomic mass is 16.7. The Morgan fingerprint density at radius 2 is 1.90 bits per heavy atom. The van der Waals surface area contributed by atoms with Crippen LogP contribution in [0.4, 0.5) is 0 Å². The molecule has 0 aromatic heterocycles. The summed E-state index contributed by atoms with van der Waals surface area (Å²) in [5, 5.41) is 18.2. The Hall–Kier alpha value is -0.160. The van der Waals surface area contributed by atoms with Crippen molar-refractivity contribution < 1.29 is 19.7 Å². The van der Waals surface area contributed by atoms with Crippen molar-refractivity contribution in [2.45, 2.75) is 31.5 Å². The van der Waals surface area contributed by atoms with E-state index in [9.17, 15) is 0 Å². The van der Waals surface area contributed by atoms with Gasteiger partial charge in [-0.3, -0.25) is 0 Å². The number of hydrogen-bond donors (Lipinski definition) is 2. The van der Waals surface area contributed by atoms with Crippen LogP contribution in [0, 0.1) is 0 Å². The molecule has 0 radical (unpaired) electrons. The minimum absolute atomic E-state index is 0.347. The highest BCUT2D eigenvalue weighted by molar-refractivity contribution is 4.83. The van der Waals surface area contributed by atoms with E-state index in [1.54, 1.807) is 6.92 Å². The molecule has 1 saturated heterocycles. The Kier molecular flexibility index (Phi) is 2.25. The molecule has 0 spiro atoms. The van der Waals surface area contributed by atoms with E-state index in [-0.39, 0.29) is 6.10 Å². The maximum atomic E-state index is 9.13. The third-order valence-corrected chi connectivity index (χ3v) is 1.69. The largest absolute Gasteiger partial charge is 0.388 e. The zero-order chi connectivity index (χ0) is 7.72. The van der Waals surface area contributed by atoms with Gasteiger partial charge in [-0.25, -0.2) is 0 Å². The Morgan fingerprint density at radius 3 is 2.10 bits per heavy atom. The maximum Gasteiger partial charge on any atom is 0.186 e. The number of ether oxygens (including phenoxy) is 2. The molecule has 0 saturated carbocycles. The lowest BCUT2D eigenvalue weighted by Crippen LogP contribution is -2.32. The standard InChI is InChI=1S/C6H12O4/c1-3-4(7)5(8)6(9-2)10-3/h3-8H,1-2H3/t3-,4-,5-,6-/m1/s1. The van der Waals surface area contributed by atoms with E-state index in [1.165, 1.54) is 7.11 Å². The molecular formula is C6H12O4. The van der Waals surface area contributed by atoms with Crippen molar-refractivity contribution in [1.82, 2.24) is 0 Å². The van der Waals surface area contributed by atoms with Crippen LogP contribution in [0.1, 0.15) is 6.92 Å². The first-order valence-electron chi connectivity index (χ1n) is 3.21. The minimum atomic E-state index is -0.917. The summed E-state index contributed by atoms with van der Waals surface area (Å²) in [5.41, 5.74) is 0. The Labute approximate surface area is 59.4 Å². The van der Waals surface area contributed by atoms with E-state index in [0.717, 1.165) is 0 Å². The smallest absolute Gasteiger partial charge is 0.186 e. The molecule has 4 atom stereocenters. The number of aliphatic hydroxyl groups is 2. The molecule has 10 heavy (non-hydrogen) atoms. The molecule has 1 aliphatic heterocycles. The van der Waals surface area contributed by atoms with Crippen molar-refractivity contribution in [3.63, 3.8) is 0 Å². The zero-order valence-corrected chi connectivity index (χ0v) is 6.02. The summed E-state index contributed by atoms with van der Waals surface area (Å²) in [5.74, 6) is 0. The fraction of sp³-hybridized carbons (Fsp3) is 1.00. The summed E-state index contributed by atoms with van der Waals surface area (Å²) in [6.45, 7) is 1.69. The van der Waals surface area contributed by atoms with Crippen molar-refractivity contribution in [3.8, 4) is 0 Å². The molecule has 2 N–H and O–H groups in total. The molecule has 0 unspecified atom stereocenters. The fourth-order valence-corrected chi connectivity index (χ4v) is 1.01. The minimum Gasteiger partial charge on any atom is -0.388 e. The first kappa shape index (κ1) is 7.94. The van der Waals surface area contributed by atoms with Crippen molar-refractivity contribution in [1.29, 1.82) is 0 Å². The van der Waals surface area contributed by atoms with E-state index >= 15 is 0 Å². The lowest BCUT2D eigenvalue weighted by Gasteiger charge is -2.11. The van der Waals surface area contributed by atoms with E-state index < -0.39 is 18.5 Å². The summed E-state index contributed by atoms with van der Waals surface area (Å²) in [4.78, 5) is 0. The Bertz CT molecular complexity index is 116. The monoisotopic (exact) mass is 148 g/mol. The third kappa shape index (κ3) is 1.15. The van der Waals surface area contributed by atoms with Gasteiger partial charge in [0.15, 0.2) is 6.29 Å². The molecular weight excluding hydrogens is 136 g/mol. The summed E-state index contributed by atoms with van der Waals surface area (Å²) in [6.07, 6.45) is -2.77. The van der Waals surface area contributed by atoms with Crippen molar-refractivity contribution in [2.24, 2.45) is 0 Å². The normalized spacial score (nSPS) is 48.0. The van der Waals surface area contributed by atoms with Crippen LogP contribution in [0.2, 0.25) is 0 Å². The summed E-state index contributed by atoms with van der Waals surface area (Å²) < 4.78 is 9.74. The zero-order valence-electron chi connectivity index (χ0n) is 6.02. The Balaban J connectivity index is 2.53. The maximum absolute atomic E-state index is 9.13. The van der Waals surface area contributed by atoms with E-state index in [4.69, 9.17) is 19.7 Å². The highest BCUT2D eigenvalue weighted by Crippen LogP contribution is 2.20. The first-order chi connectivity index (χ1) is 4.66. The van der Waals surface area contributed by atoms with Crippen LogP contribution in [0.3, 0.4) is 0 Å². The van der Waals surface area contributed by atoms with E-state index in [1.807, 2.05) is 0 Å². The number of rotatable bonds is 1. The molecule has 4 heteroatoms. The molecule has 0 amide bonds. The quantitative estimate of drug-likeness (QED) is 0.506. The average Bonchev–Trinajstić information content (AvgIpc) is 2.17. The van der Waals surface area contributed by atoms with Crippen molar-refractivity contribution in [2.75, 3.05) is 7.11 Å². The Morgan fingerprint density at radius 1 is 1.30 bits per heavy atom. The summed E-state index contributed by atoms with van der Waals surface area (Å²) in [6, 6.07) is 0. The van der Waals surface area contributed by atoms with Gasteiger partial charge in [0, 0.05) is 7.11 Å². The molecule has 0 aromatic carbocycles. The van der Waals surface area contributed by atoms with Crippen LogP contribution in [0.25, 0.3) is 0 Å². The van der Waals surface area contributed by atoms with Crippen LogP contribution < -0.4 is 0 Å². The lowest BCUT2D eigenvalue weighted by atomic mass is 10.2. The molecule has 1 aliphatic rings. The lowest BCUT2D eigenvalue weighted by molar-refractivity contribution is -0.146. The first-order valence-corrected chi connectivity index (χ1v) is 3.21. The second-order valence-corrected chi connectivity index (χ2v) is 2.43. The van der Waals surface area contributed by atoms with Crippen LogP contribution in [-0.2, 0) is 9.47 Å². The van der Waals surface area contributed by atoms with Crippen LogP contribution in [0.5, 0.6) is 0 Å². The van der Waals surface area contributed by atoms with Crippen LogP contribution in [0.15, 0.2) is 0 Å². The van der Waals surface area contributed by atoms with Gasteiger partial charge < -0.3 is 19.7 Å². The SMILES string of the molecule is CO[C@@H]1O[C@H](C)[C@@H](O)[C@H]1O. The number of aliphatic hydroxyl groups excluding tert-OH is 2. The van der Waals surface area contributed by atoms with Gasteiger partial charge in [-0.05, 0) is 6.92 Å². The molecule has 0 aromatic rings. The molecule has 0 bridgehead atoms. The van der Waals surface area contributed by atoms with Gasteiger partial charge in [0.05, 0.1) is 6.10 Å². The predicted molar refractivity (Wildman–Crippen MR) is 33.4 cm³/mol. The van der Waals surface area contributed by atoms with Crippen molar-refractivity contribution >= 4 is 0 Å². The summed E-state index contributed by atoms with van der Waals surface area (Å²) >= 11 is 0. The van der Waals surface area contributed by atoms with Crippen molar-refractivity contribution in [3.05, 3.63) is 0 Å². The average molecular weight is 148 g/mol. The van der Waals surface area contributed by atoms with E-state index in [0.29, 0.717) is 0 Å². The third-order valence-electron chi connectivity index (χ3n) is 1.69. The van der Waals surface area contributed by atoms with E-state index in [2.05, 4.69) is 0 Å². The molecule has 4 nitrogen and oxygen atoms in total. The topological polar surface area (TPSA) is 58.9 Å². The molecule has 1 rings (SSSR count). The molecule has 0 aliphatic carbocycles. The number of methoxy groups -OCH3 is 1. The molecule has 1 fully saturated rings. The second-order valence-electron chi connectivity index (χ2n) is 2.43. The van der Waals surface area contributed by atoms with Gasteiger partial charge in [0.1, 0.15) is 12.2 Å². The van der Waals surface area contributed by atoms with Gasteiger partial charge in [0.25, 0.3) is 0 Å². The van der Waals surface area contributed by atoms with Gasteiger partial charge in [-0.1, -0.05) is 0 Å². The van der Waals surface area contributed by atoms with Gasteiger partial charge in [0.2, 0.25) is 0 Å². The van der Waals surface area contributed by atoms with Crippen LogP contribution in [-0.4, -0.2) is 41.9 Å². The van der Waals surface area contributed by atoms with Gasteiger partial charge in [-0.2, -0.15) is 0 Å².